The quantitative estimate of drug-likeness (QED) is 0.0423. The van der Waals surface area contributed by atoms with E-state index in [2.05, 4.69) is 64.3 Å². The summed E-state index contributed by atoms with van der Waals surface area (Å²) in [5.74, 6) is 2.80. The highest BCUT2D eigenvalue weighted by molar-refractivity contribution is 7.92. The first-order valence-electron chi connectivity index (χ1n) is 35.2. The van der Waals surface area contributed by atoms with Crippen LogP contribution >= 0.6 is 0 Å². The van der Waals surface area contributed by atoms with Gasteiger partial charge in [-0.3, -0.25) is 28.2 Å². The molecular formula is C72H155N7O15S3. The molecule has 0 aromatic heterocycles. The summed E-state index contributed by atoms with van der Waals surface area (Å²) in [5.41, 5.74) is 0. The molecule has 0 aromatic carbocycles. The Labute approximate surface area is 599 Å². The minimum Gasteiger partial charge on any atom is -0.447 e. The summed E-state index contributed by atoms with van der Waals surface area (Å²) >= 11 is 0. The van der Waals surface area contributed by atoms with Gasteiger partial charge in [-0.1, -0.05) is 125 Å². The van der Waals surface area contributed by atoms with Gasteiger partial charge in [-0.05, 0) is 170 Å². The monoisotopic (exact) mass is 1450 g/mol. The molecule has 97 heavy (non-hydrogen) atoms. The van der Waals surface area contributed by atoms with Crippen LogP contribution in [0.4, 0.5) is 14.4 Å². The summed E-state index contributed by atoms with van der Waals surface area (Å²) < 4.78 is 67.2. The standard InChI is InChI=1S/C10H19NO2.C9H18O.C7H16N2O.2C7H15NO2.C7H15NO.C7H14O.C6H15NO2S.C6H14O2S.C6H14OS/c1-7(2)5-9(12)6-11-10(13)8(3)4;1-7(2)5-9(10)6-8(3)4;1-5(2)8-7(10)9-6(3)4;2*1-5(2)8-7(9)10-6(3)4;1-5(2)7(9)8-6(3)4;1-5(2)7(8)6(3)4;1-5(2)7-10(8,9)6(3)4;1-5(2)9(7,8)6(3)4;1-5(2)8(7)6(3)4/h7-8H,5-6H2,1-4H3,(H,11,13);7-8H,5-6H2,1-4H3;5-6H,1-4H3,(H2,8,9,10);2*5-6H,1-4H3,(H,8,9);5-6H,1-4H3,(H,8,9);5-6H,1-4H3;5-7H,1-4H3;5-6H,1-4H3;5-6H,1-4H3. The zero-order valence-corrected chi connectivity index (χ0v) is 71.7. The highest BCUT2D eigenvalue weighted by atomic mass is 32.2. The molecule has 0 atom stereocenters. The van der Waals surface area contributed by atoms with Crippen molar-refractivity contribution in [3.63, 3.8) is 0 Å². The van der Waals surface area contributed by atoms with Crippen molar-refractivity contribution in [3.8, 4) is 0 Å². The van der Waals surface area contributed by atoms with Crippen LogP contribution < -0.4 is 36.6 Å². The lowest BCUT2D eigenvalue weighted by Gasteiger charge is -2.11. The molecule has 0 aliphatic carbocycles. The third-order valence-corrected chi connectivity index (χ3v) is 17.1. The van der Waals surface area contributed by atoms with E-state index in [1.165, 1.54) is 0 Å². The molecule has 0 radical (unpaired) electrons. The molecule has 0 aliphatic rings. The van der Waals surface area contributed by atoms with Gasteiger partial charge in [0.1, 0.15) is 11.6 Å². The molecule has 7 N–H and O–H groups in total. The fraction of sp³-hybridized carbons (Fsp3) is 0.889. The number of amides is 6. The van der Waals surface area contributed by atoms with Gasteiger partial charge in [-0.15, -0.1) is 0 Å². The zero-order chi connectivity index (χ0) is 79.9. The van der Waals surface area contributed by atoms with Gasteiger partial charge in [0, 0.05) is 100 Å². The number of hydrogen-bond donors (Lipinski definition) is 7. The predicted molar refractivity (Wildman–Crippen MR) is 411 cm³/mol. The van der Waals surface area contributed by atoms with Crippen molar-refractivity contribution >= 4 is 78.0 Å². The van der Waals surface area contributed by atoms with Crippen LogP contribution in [0.1, 0.15) is 296 Å². The fourth-order valence-corrected chi connectivity index (χ4v) is 9.22. The van der Waals surface area contributed by atoms with E-state index < -0.39 is 30.7 Å². The highest BCUT2D eigenvalue weighted by Crippen LogP contribution is 2.09. The van der Waals surface area contributed by atoms with Gasteiger partial charge in [0.15, 0.2) is 15.6 Å². The Kier molecular flexibility index (Phi) is 76.5. The molecule has 0 fully saturated rings. The Morgan fingerprint density at radius 2 is 0.619 bits per heavy atom. The summed E-state index contributed by atoms with van der Waals surface area (Å²) in [6.07, 6.45) is 1.27. The second-order valence-electron chi connectivity index (χ2n) is 29.7. The first-order chi connectivity index (χ1) is 43.4. The van der Waals surface area contributed by atoms with Crippen molar-refractivity contribution in [2.75, 3.05) is 6.54 Å². The number of Topliss-reactive ketones (excluding diaryl/α,β-unsaturated/α-hetero) is 3. The maximum atomic E-state index is 11.2. The Bertz CT molecular complexity index is 2060. The molecule has 0 saturated heterocycles. The molecule has 0 rings (SSSR count). The van der Waals surface area contributed by atoms with Gasteiger partial charge in [0.05, 0.1) is 34.5 Å². The molecule has 0 aliphatic heterocycles. The van der Waals surface area contributed by atoms with Crippen molar-refractivity contribution in [1.29, 1.82) is 0 Å². The van der Waals surface area contributed by atoms with E-state index in [0.717, 1.165) is 12.8 Å². The van der Waals surface area contributed by atoms with Crippen LogP contribution in [0.3, 0.4) is 0 Å². The van der Waals surface area contributed by atoms with Crippen molar-refractivity contribution < 1.29 is 68.9 Å². The Hall–Kier alpha value is -4.23. The number of hydrogen-bond acceptors (Lipinski definition) is 15. The summed E-state index contributed by atoms with van der Waals surface area (Å²) in [7, 11) is -6.49. The van der Waals surface area contributed by atoms with Crippen LogP contribution in [0.5, 0.6) is 0 Å². The lowest BCUT2D eigenvalue weighted by atomic mass is 9.99. The van der Waals surface area contributed by atoms with Crippen molar-refractivity contribution in [2.45, 2.75) is 371 Å². The Balaban J connectivity index is -0.000000109. The minimum absolute atomic E-state index is 0.00704. The number of urea groups is 1. The van der Waals surface area contributed by atoms with Crippen LogP contribution in [-0.2, 0) is 64.1 Å². The van der Waals surface area contributed by atoms with E-state index in [1.807, 2.05) is 194 Å². The zero-order valence-electron chi connectivity index (χ0n) is 69.2. The average molecular weight is 1460 g/mol. The number of nitrogens with one attached hydrogen (secondary N) is 7. The molecule has 0 bridgehead atoms. The topological polar surface area (TPSA) is 325 Å². The molecule has 6 amide bonds. The maximum Gasteiger partial charge on any atom is 0.407 e. The SMILES string of the molecule is CC(C)C(=O)C(C)C.CC(C)CC(=O)CC(C)C.CC(C)CC(=O)CNC(=O)C(C)C.CC(C)NC(=O)C(C)C.CC(C)NC(=O)NC(C)C.CC(C)NC(=O)OC(C)C.CC(C)NC(=O)OC(C)C.CC(C)NS(=O)(=O)C(C)C.CC(C)S(=O)(=O)C(C)C.CC(C)S(=O)C(C)C. The van der Waals surface area contributed by atoms with E-state index in [0.29, 0.717) is 46.2 Å². The van der Waals surface area contributed by atoms with Crippen molar-refractivity contribution in [2.24, 2.45) is 41.4 Å². The summed E-state index contributed by atoms with van der Waals surface area (Å²) in [6.45, 7) is 75.7. The Morgan fingerprint density at radius 3 is 0.763 bits per heavy atom. The molecule has 0 saturated carbocycles. The predicted octanol–water partition coefficient (Wildman–Crippen LogP) is 14.7. The van der Waals surface area contributed by atoms with E-state index >= 15 is 0 Å². The van der Waals surface area contributed by atoms with Crippen LogP contribution in [0, 0.1) is 41.4 Å². The van der Waals surface area contributed by atoms with Gasteiger partial charge < -0.3 is 41.4 Å². The second-order valence-corrected chi connectivity index (χ2v) is 37.6. The van der Waals surface area contributed by atoms with E-state index in [-0.39, 0.29) is 130 Å². The molecule has 25 heteroatoms. The van der Waals surface area contributed by atoms with Crippen LogP contribution in [0.2, 0.25) is 0 Å². The number of ketones is 3. The summed E-state index contributed by atoms with van der Waals surface area (Å²) in [6, 6.07) is 0.868. The number of ether oxygens (including phenoxy) is 2. The second kappa shape index (κ2) is 65.1. The number of sulfone groups is 1. The normalized spacial score (nSPS) is 11.1. The number of sulfonamides is 1. The maximum absolute atomic E-state index is 11.2. The molecule has 586 valence electrons. The molecular weight excluding hydrogens is 1300 g/mol. The molecule has 0 unspecified atom stereocenters. The number of alkyl carbamates (subject to hydrolysis) is 2. The first kappa shape index (κ1) is 114. The van der Waals surface area contributed by atoms with Gasteiger partial charge >= 0.3 is 18.2 Å². The number of carbonyl (C=O) groups is 8. The summed E-state index contributed by atoms with van der Waals surface area (Å²) in [4.78, 5) is 87.3. The average Bonchev–Trinajstić information content (AvgIpc) is 0.943. The summed E-state index contributed by atoms with van der Waals surface area (Å²) in [5, 5.41) is 15.9. The van der Waals surface area contributed by atoms with E-state index in [9.17, 15) is 59.4 Å². The lowest BCUT2D eigenvalue weighted by Crippen LogP contribution is -2.42. The smallest absolute Gasteiger partial charge is 0.407 e. The van der Waals surface area contributed by atoms with Crippen LogP contribution in [0.25, 0.3) is 0 Å². The minimum atomic E-state index is -3.05. The highest BCUT2D eigenvalue weighted by Gasteiger charge is 2.20. The molecule has 0 aromatic rings. The van der Waals surface area contributed by atoms with Gasteiger partial charge in [0.2, 0.25) is 21.8 Å². The fourth-order valence-electron chi connectivity index (χ4n) is 6.12. The molecule has 0 heterocycles. The Morgan fingerprint density at radius 1 is 0.340 bits per heavy atom. The number of carbonyl (C=O) groups excluding carboxylic acids is 8. The van der Waals surface area contributed by atoms with Crippen LogP contribution in [0.15, 0.2) is 0 Å². The van der Waals surface area contributed by atoms with E-state index in [1.54, 1.807) is 55.4 Å². The van der Waals surface area contributed by atoms with Crippen molar-refractivity contribution in [3.05, 3.63) is 0 Å². The largest absolute Gasteiger partial charge is 0.447 e. The first-order valence-corrected chi connectivity index (χ1v) is 39.6. The van der Waals surface area contributed by atoms with Crippen molar-refractivity contribution in [1.82, 2.24) is 36.6 Å². The molecule has 0 spiro atoms. The number of rotatable bonds is 26. The van der Waals surface area contributed by atoms with Gasteiger partial charge in [-0.2, -0.15) is 0 Å². The van der Waals surface area contributed by atoms with Crippen LogP contribution in [-0.4, -0.2) is 150 Å². The van der Waals surface area contributed by atoms with E-state index in [4.69, 9.17) is 9.47 Å². The third kappa shape index (κ3) is 96.0. The van der Waals surface area contributed by atoms with Gasteiger partial charge in [-0.25, -0.2) is 35.9 Å². The lowest BCUT2D eigenvalue weighted by molar-refractivity contribution is -0.127. The van der Waals surface area contributed by atoms with Gasteiger partial charge in [0.25, 0.3) is 0 Å². The molecule has 22 nitrogen and oxygen atoms in total. The third-order valence-electron chi connectivity index (χ3n) is 10.6.